The Labute approximate surface area is 72.8 Å². The van der Waals surface area contributed by atoms with Crippen LogP contribution in [0.4, 0.5) is 0 Å². The van der Waals surface area contributed by atoms with Gasteiger partial charge in [0.25, 0.3) is 0 Å². The number of nitriles is 3. The van der Waals surface area contributed by atoms with E-state index in [0.717, 1.165) is 19.3 Å². The SMILES string of the molecule is N#CCCCCC(C#N)CC#N. The fourth-order valence-corrected chi connectivity index (χ4v) is 0.917. The predicted molar refractivity (Wildman–Crippen MR) is 43.4 cm³/mol. The second-order valence-corrected chi connectivity index (χ2v) is 2.59. The smallest absolute Gasteiger partial charge is 0.0666 e. The summed E-state index contributed by atoms with van der Waals surface area (Å²) in [7, 11) is 0. The summed E-state index contributed by atoms with van der Waals surface area (Å²) < 4.78 is 0. The minimum atomic E-state index is -0.145. The van der Waals surface area contributed by atoms with E-state index in [-0.39, 0.29) is 5.92 Å². The topological polar surface area (TPSA) is 71.4 Å². The van der Waals surface area contributed by atoms with Gasteiger partial charge in [0.15, 0.2) is 0 Å². The summed E-state index contributed by atoms with van der Waals surface area (Å²) >= 11 is 0. The lowest BCUT2D eigenvalue weighted by Crippen LogP contribution is -1.94. The quantitative estimate of drug-likeness (QED) is 0.580. The van der Waals surface area contributed by atoms with Crippen molar-refractivity contribution in [2.24, 2.45) is 5.92 Å². The van der Waals surface area contributed by atoms with Gasteiger partial charge in [0.2, 0.25) is 0 Å². The first-order chi connectivity index (χ1) is 5.85. The lowest BCUT2D eigenvalue weighted by Gasteiger charge is -2.01. The Bertz CT molecular complexity index is 226. The summed E-state index contributed by atoms with van der Waals surface area (Å²) in [6.45, 7) is 0. The summed E-state index contributed by atoms with van der Waals surface area (Å²) in [5.41, 5.74) is 0. The number of unbranched alkanes of at least 4 members (excludes halogenated alkanes) is 2. The average Bonchev–Trinajstić information content (AvgIpc) is 2.10. The van der Waals surface area contributed by atoms with Crippen molar-refractivity contribution < 1.29 is 0 Å². The van der Waals surface area contributed by atoms with Crippen LogP contribution in [0.3, 0.4) is 0 Å². The third kappa shape index (κ3) is 5.27. The first kappa shape index (κ1) is 10.5. The van der Waals surface area contributed by atoms with Crippen LogP contribution in [-0.4, -0.2) is 0 Å². The molecule has 0 saturated carbocycles. The molecular weight excluding hydrogens is 150 g/mol. The maximum absolute atomic E-state index is 8.55. The molecule has 0 aromatic carbocycles. The normalized spacial score (nSPS) is 10.8. The summed E-state index contributed by atoms with van der Waals surface area (Å²) in [4.78, 5) is 0. The van der Waals surface area contributed by atoms with Crippen molar-refractivity contribution in [2.75, 3.05) is 0 Å². The van der Waals surface area contributed by atoms with Gasteiger partial charge in [-0.15, -0.1) is 0 Å². The lowest BCUT2D eigenvalue weighted by atomic mass is 10.0. The summed E-state index contributed by atoms with van der Waals surface area (Å²) in [5.74, 6) is -0.145. The molecule has 0 aromatic heterocycles. The standard InChI is InChI=1S/C9H11N3/c10-6-3-1-2-4-9(8-12)5-7-11/h9H,1-5H2. The Morgan fingerprint density at radius 2 is 1.75 bits per heavy atom. The van der Waals surface area contributed by atoms with Crippen LogP contribution >= 0.6 is 0 Å². The summed E-state index contributed by atoms with van der Waals surface area (Å²) in [6.07, 6.45) is 3.30. The number of hydrogen-bond acceptors (Lipinski definition) is 3. The molecule has 0 bridgehead atoms. The van der Waals surface area contributed by atoms with E-state index >= 15 is 0 Å². The molecule has 12 heavy (non-hydrogen) atoms. The molecule has 0 heterocycles. The molecule has 0 saturated heterocycles. The third-order valence-electron chi connectivity index (χ3n) is 1.61. The molecule has 1 unspecified atom stereocenters. The number of hydrogen-bond donors (Lipinski definition) is 0. The van der Waals surface area contributed by atoms with Crippen molar-refractivity contribution in [3.63, 3.8) is 0 Å². The molecule has 0 aliphatic carbocycles. The van der Waals surface area contributed by atoms with E-state index in [1.54, 1.807) is 0 Å². The van der Waals surface area contributed by atoms with Crippen LogP contribution in [-0.2, 0) is 0 Å². The van der Waals surface area contributed by atoms with Crippen LogP contribution in [0.25, 0.3) is 0 Å². The van der Waals surface area contributed by atoms with Gasteiger partial charge in [-0.3, -0.25) is 0 Å². The van der Waals surface area contributed by atoms with Crippen LogP contribution < -0.4 is 0 Å². The van der Waals surface area contributed by atoms with Crippen molar-refractivity contribution in [1.29, 1.82) is 15.8 Å². The Kier molecular flexibility index (Phi) is 6.61. The monoisotopic (exact) mass is 161 g/mol. The molecule has 0 aliphatic rings. The van der Waals surface area contributed by atoms with Crippen molar-refractivity contribution in [2.45, 2.75) is 32.1 Å². The van der Waals surface area contributed by atoms with Gasteiger partial charge in [-0.1, -0.05) is 6.42 Å². The predicted octanol–water partition coefficient (Wildman–Crippen LogP) is 2.12. The van der Waals surface area contributed by atoms with Crippen LogP contribution in [0.1, 0.15) is 32.1 Å². The zero-order valence-corrected chi connectivity index (χ0v) is 6.95. The number of rotatable bonds is 5. The fourth-order valence-electron chi connectivity index (χ4n) is 0.917. The molecule has 0 spiro atoms. The van der Waals surface area contributed by atoms with Crippen LogP contribution in [0.15, 0.2) is 0 Å². The molecule has 0 aromatic rings. The number of nitrogens with zero attached hydrogens (tertiary/aromatic N) is 3. The second kappa shape index (κ2) is 7.58. The van der Waals surface area contributed by atoms with E-state index in [1.165, 1.54) is 0 Å². The molecule has 0 N–H and O–H groups in total. The molecule has 0 rings (SSSR count). The molecule has 0 fully saturated rings. The highest BCUT2D eigenvalue weighted by Gasteiger charge is 2.05. The summed E-state index contributed by atoms with van der Waals surface area (Å²) in [5, 5.41) is 25.1. The first-order valence-corrected chi connectivity index (χ1v) is 3.98. The Morgan fingerprint density at radius 1 is 1.00 bits per heavy atom. The molecule has 0 aliphatic heterocycles. The average molecular weight is 161 g/mol. The van der Waals surface area contributed by atoms with Gasteiger partial charge in [0.05, 0.1) is 30.5 Å². The van der Waals surface area contributed by atoms with Crippen molar-refractivity contribution in [3.8, 4) is 18.2 Å². The Morgan fingerprint density at radius 3 is 2.25 bits per heavy atom. The van der Waals surface area contributed by atoms with Crippen LogP contribution in [0.2, 0.25) is 0 Å². The lowest BCUT2D eigenvalue weighted by molar-refractivity contribution is 0.566. The molecule has 1 atom stereocenters. The molecule has 0 radical (unpaired) electrons. The van der Waals surface area contributed by atoms with E-state index in [2.05, 4.69) is 6.07 Å². The van der Waals surface area contributed by atoms with Gasteiger partial charge in [0, 0.05) is 6.42 Å². The van der Waals surface area contributed by atoms with Crippen molar-refractivity contribution in [3.05, 3.63) is 0 Å². The zero-order valence-electron chi connectivity index (χ0n) is 6.95. The largest absolute Gasteiger partial charge is 0.198 e. The fraction of sp³-hybridized carbons (Fsp3) is 0.667. The van der Waals surface area contributed by atoms with Gasteiger partial charge in [-0.05, 0) is 12.8 Å². The first-order valence-electron chi connectivity index (χ1n) is 3.98. The minimum absolute atomic E-state index is 0.145. The molecule has 0 amide bonds. The van der Waals surface area contributed by atoms with Crippen LogP contribution in [0, 0.1) is 39.9 Å². The van der Waals surface area contributed by atoms with Crippen molar-refractivity contribution in [1.82, 2.24) is 0 Å². The molecule has 62 valence electrons. The van der Waals surface area contributed by atoms with E-state index in [1.807, 2.05) is 12.1 Å². The van der Waals surface area contributed by atoms with Crippen molar-refractivity contribution >= 4 is 0 Å². The third-order valence-corrected chi connectivity index (χ3v) is 1.61. The Balaban J connectivity index is 3.43. The highest BCUT2D eigenvalue weighted by atomic mass is 14.3. The molecule has 3 nitrogen and oxygen atoms in total. The van der Waals surface area contributed by atoms with Gasteiger partial charge >= 0.3 is 0 Å². The van der Waals surface area contributed by atoms with Crippen LogP contribution in [0.5, 0.6) is 0 Å². The second-order valence-electron chi connectivity index (χ2n) is 2.59. The van der Waals surface area contributed by atoms with E-state index in [0.29, 0.717) is 12.8 Å². The van der Waals surface area contributed by atoms with Gasteiger partial charge in [-0.2, -0.15) is 15.8 Å². The molecule has 3 heteroatoms. The van der Waals surface area contributed by atoms with Gasteiger partial charge in [0.1, 0.15) is 0 Å². The maximum atomic E-state index is 8.55. The molecular formula is C9H11N3. The zero-order chi connectivity index (χ0) is 9.23. The van der Waals surface area contributed by atoms with E-state index < -0.39 is 0 Å². The Hall–Kier alpha value is -1.53. The highest BCUT2D eigenvalue weighted by Crippen LogP contribution is 2.11. The van der Waals surface area contributed by atoms with Gasteiger partial charge < -0.3 is 0 Å². The van der Waals surface area contributed by atoms with Gasteiger partial charge in [-0.25, -0.2) is 0 Å². The maximum Gasteiger partial charge on any atom is 0.0666 e. The highest BCUT2D eigenvalue weighted by molar-refractivity contribution is 4.89. The van der Waals surface area contributed by atoms with E-state index in [4.69, 9.17) is 15.8 Å². The minimum Gasteiger partial charge on any atom is -0.198 e. The van der Waals surface area contributed by atoms with E-state index in [9.17, 15) is 0 Å². The summed E-state index contributed by atoms with van der Waals surface area (Å²) in [6, 6.07) is 6.09.